The summed E-state index contributed by atoms with van der Waals surface area (Å²) >= 11 is 0. The molecule has 2 aromatic carbocycles. The Hall–Kier alpha value is -2.06. The first-order chi connectivity index (χ1) is 9.88. The molecule has 0 radical (unpaired) electrons. The summed E-state index contributed by atoms with van der Waals surface area (Å²) in [5.41, 5.74) is 4.08. The molecule has 0 bridgehead atoms. The predicted octanol–water partition coefficient (Wildman–Crippen LogP) is 3.45. The van der Waals surface area contributed by atoms with Gasteiger partial charge in [0.05, 0.1) is 0 Å². The number of nitrogens with zero attached hydrogens (tertiary/aromatic N) is 1. The first kappa shape index (κ1) is 12.9. The van der Waals surface area contributed by atoms with Gasteiger partial charge >= 0.3 is 0 Å². The van der Waals surface area contributed by atoms with Crippen LogP contribution in [-0.2, 0) is 13.0 Å². The van der Waals surface area contributed by atoms with Crippen LogP contribution in [0.5, 0.6) is 0 Å². The fraction of sp³-hybridized carbons (Fsp3) is 0.222. The number of fused-ring (bicyclic) bond motifs is 1. The molecule has 0 saturated carbocycles. The molecule has 3 aromatic rings. The Bertz CT molecular complexity index is 683. The van der Waals surface area contributed by atoms with Crippen molar-refractivity contribution in [1.29, 1.82) is 0 Å². The Kier molecular flexibility index (Phi) is 3.84. The number of rotatable bonds is 5. The Morgan fingerprint density at radius 2 is 1.70 bits per heavy atom. The molecule has 0 fully saturated rings. The molecular formula is C18H20N2. The molecule has 3 rings (SSSR count). The number of aromatic nitrogens is 1. The van der Waals surface area contributed by atoms with Crippen LogP contribution in [0.2, 0.25) is 0 Å². The molecule has 0 aliphatic carbocycles. The lowest BCUT2D eigenvalue weighted by molar-refractivity contribution is 0.783. The van der Waals surface area contributed by atoms with Crippen LogP contribution in [-0.4, -0.2) is 18.2 Å². The Labute approximate surface area is 120 Å². The maximum absolute atomic E-state index is 3.23. The predicted molar refractivity (Wildman–Crippen MR) is 85.1 cm³/mol. The minimum atomic E-state index is 0.931. The van der Waals surface area contributed by atoms with Crippen molar-refractivity contribution in [3.63, 3.8) is 0 Å². The standard InChI is InChI=1S/C18H20N2/c1-19-12-11-16-14-20(13-15-7-3-2-4-8-15)18-10-6-5-9-17(16)18/h2-10,14,19H,11-13H2,1H3. The number of benzene rings is 2. The summed E-state index contributed by atoms with van der Waals surface area (Å²) in [6.45, 7) is 1.94. The zero-order valence-corrected chi connectivity index (χ0v) is 11.8. The smallest absolute Gasteiger partial charge is 0.0486 e. The molecule has 20 heavy (non-hydrogen) atoms. The fourth-order valence-corrected chi connectivity index (χ4v) is 2.69. The van der Waals surface area contributed by atoms with Crippen LogP contribution >= 0.6 is 0 Å². The van der Waals surface area contributed by atoms with E-state index < -0.39 is 0 Å². The summed E-state index contributed by atoms with van der Waals surface area (Å²) < 4.78 is 2.36. The third-order valence-corrected chi connectivity index (χ3v) is 3.71. The van der Waals surface area contributed by atoms with Crippen molar-refractivity contribution < 1.29 is 0 Å². The van der Waals surface area contributed by atoms with Gasteiger partial charge in [-0.1, -0.05) is 48.5 Å². The van der Waals surface area contributed by atoms with Gasteiger partial charge in [0.15, 0.2) is 0 Å². The monoisotopic (exact) mass is 264 g/mol. The van der Waals surface area contributed by atoms with E-state index in [1.165, 1.54) is 22.0 Å². The quantitative estimate of drug-likeness (QED) is 0.747. The molecule has 2 nitrogen and oxygen atoms in total. The van der Waals surface area contributed by atoms with Crippen molar-refractivity contribution in [1.82, 2.24) is 9.88 Å². The highest BCUT2D eigenvalue weighted by atomic mass is 15.0. The molecule has 1 aromatic heterocycles. The van der Waals surface area contributed by atoms with E-state index in [1.807, 2.05) is 7.05 Å². The normalized spacial score (nSPS) is 11.1. The summed E-state index contributed by atoms with van der Waals surface area (Å²) in [5.74, 6) is 0. The second-order valence-corrected chi connectivity index (χ2v) is 5.14. The van der Waals surface area contributed by atoms with Crippen molar-refractivity contribution in [2.24, 2.45) is 0 Å². The van der Waals surface area contributed by atoms with E-state index in [9.17, 15) is 0 Å². The molecule has 1 heterocycles. The number of para-hydroxylation sites is 1. The molecule has 102 valence electrons. The molecule has 1 N–H and O–H groups in total. The number of hydrogen-bond acceptors (Lipinski definition) is 1. The van der Waals surface area contributed by atoms with E-state index in [1.54, 1.807) is 0 Å². The van der Waals surface area contributed by atoms with E-state index in [2.05, 4.69) is 70.7 Å². The van der Waals surface area contributed by atoms with Crippen molar-refractivity contribution in [3.8, 4) is 0 Å². The Morgan fingerprint density at radius 3 is 2.50 bits per heavy atom. The van der Waals surface area contributed by atoms with Gasteiger partial charge in [-0.25, -0.2) is 0 Å². The molecular weight excluding hydrogens is 244 g/mol. The van der Waals surface area contributed by atoms with E-state index in [0.29, 0.717) is 0 Å². The lowest BCUT2D eigenvalue weighted by Gasteiger charge is -2.05. The average molecular weight is 264 g/mol. The summed E-state index contributed by atoms with van der Waals surface area (Å²) in [7, 11) is 2.00. The zero-order chi connectivity index (χ0) is 13.8. The first-order valence-electron chi connectivity index (χ1n) is 7.14. The summed E-state index contributed by atoms with van der Waals surface area (Å²) in [4.78, 5) is 0. The second-order valence-electron chi connectivity index (χ2n) is 5.14. The van der Waals surface area contributed by atoms with Gasteiger partial charge < -0.3 is 9.88 Å². The van der Waals surface area contributed by atoms with Gasteiger partial charge in [-0.15, -0.1) is 0 Å². The summed E-state index contributed by atoms with van der Waals surface area (Å²) in [5, 5.41) is 4.60. The summed E-state index contributed by atoms with van der Waals surface area (Å²) in [6, 6.07) is 19.3. The molecule has 0 unspecified atom stereocenters. The molecule has 2 heteroatoms. The lowest BCUT2D eigenvalue weighted by atomic mass is 10.1. The van der Waals surface area contributed by atoms with Gasteiger partial charge in [0.2, 0.25) is 0 Å². The highest BCUT2D eigenvalue weighted by molar-refractivity contribution is 5.84. The van der Waals surface area contributed by atoms with Crippen molar-refractivity contribution in [2.75, 3.05) is 13.6 Å². The number of likely N-dealkylation sites (N-methyl/N-ethyl adjacent to an activating group) is 1. The Balaban J connectivity index is 1.98. The average Bonchev–Trinajstić information content (AvgIpc) is 2.85. The Morgan fingerprint density at radius 1 is 0.950 bits per heavy atom. The van der Waals surface area contributed by atoms with Crippen LogP contribution in [0.15, 0.2) is 60.8 Å². The van der Waals surface area contributed by atoms with E-state index >= 15 is 0 Å². The number of hydrogen-bond donors (Lipinski definition) is 1. The van der Waals surface area contributed by atoms with Crippen molar-refractivity contribution >= 4 is 10.9 Å². The molecule has 0 spiro atoms. The second kappa shape index (κ2) is 5.93. The van der Waals surface area contributed by atoms with Gasteiger partial charge in [-0.05, 0) is 37.2 Å². The van der Waals surface area contributed by atoms with Gasteiger partial charge in [0.25, 0.3) is 0 Å². The first-order valence-corrected chi connectivity index (χ1v) is 7.14. The van der Waals surface area contributed by atoms with E-state index in [4.69, 9.17) is 0 Å². The lowest BCUT2D eigenvalue weighted by Crippen LogP contribution is -2.10. The van der Waals surface area contributed by atoms with Crippen LogP contribution in [0.3, 0.4) is 0 Å². The number of nitrogens with one attached hydrogen (secondary N) is 1. The van der Waals surface area contributed by atoms with Gasteiger partial charge in [0, 0.05) is 23.6 Å². The van der Waals surface area contributed by atoms with Crippen LogP contribution in [0, 0.1) is 0 Å². The minimum absolute atomic E-state index is 0.931. The van der Waals surface area contributed by atoms with Crippen molar-refractivity contribution in [3.05, 3.63) is 71.9 Å². The van der Waals surface area contributed by atoms with Crippen LogP contribution in [0.4, 0.5) is 0 Å². The SMILES string of the molecule is CNCCc1cn(Cc2ccccc2)c2ccccc12. The van der Waals surface area contributed by atoms with Gasteiger partial charge in [-0.2, -0.15) is 0 Å². The van der Waals surface area contributed by atoms with Crippen molar-refractivity contribution in [2.45, 2.75) is 13.0 Å². The van der Waals surface area contributed by atoms with E-state index in [0.717, 1.165) is 19.5 Å². The molecule has 0 aliphatic heterocycles. The topological polar surface area (TPSA) is 17.0 Å². The fourth-order valence-electron chi connectivity index (χ4n) is 2.69. The van der Waals surface area contributed by atoms with Gasteiger partial charge in [0.1, 0.15) is 0 Å². The zero-order valence-electron chi connectivity index (χ0n) is 11.8. The van der Waals surface area contributed by atoms with Crippen LogP contribution < -0.4 is 5.32 Å². The minimum Gasteiger partial charge on any atom is -0.343 e. The highest BCUT2D eigenvalue weighted by Crippen LogP contribution is 2.22. The third-order valence-electron chi connectivity index (χ3n) is 3.71. The maximum Gasteiger partial charge on any atom is 0.0486 e. The molecule has 0 atom stereocenters. The van der Waals surface area contributed by atoms with Gasteiger partial charge in [-0.3, -0.25) is 0 Å². The maximum atomic E-state index is 3.23. The van der Waals surface area contributed by atoms with Crippen LogP contribution in [0.25, 0.3) is 10.9 Å². The van der Waals surface area contributed by atoms with Crippen LogP contribution in [0.1, 0.15) is 11.1 Å². The molecule has 0 saturated heterocycles. The largest absolute Gasteiger partial charge is 0.343 e. The molecule has 0 amide bonds. The molecule has 0 aliphatic rings. The highest BCUT2D eigenvalue weighted by Gasteiger charge is 2.07. The summed E-state index contributed by atoms with van der Waals surface area (Å²) in [6.07, 6.45) is 3.37. The third kappa shape index (κ3) is 2.61. The van der Waals surface area contributed by atoms with E-state index in [-0.39, 0.29) is 0 Å².